The van der Waals surface area contributed by atoms with Gasteiger partial charge in [0.1, 0.15) is 11.5 Å². The number of aryl methyl sites for hydroxylation is 2. The molecule has 10 heteroatoms. The van der Waals surface area contributed by atoms with E-state index >= 15 is 0 Å². The van der Waals surface area contributed by atoms with Gasteiger partial charge in [-0.15, -0.1) is 21.5 Å². The number of fused-ring (bicyclic) bond motifs is 1. The predicted molar refractivity (Wildman–Crippen MR) is 114 cm³/mol. The van der Waals surface area contributed by atoms with Gasteiger partial charge in [0.05, 0.1) is 5.01 Å². The topological polar surface area (TPSA) is 96.2 Å². The van der Waals surface area contributed by atoms with Gasteiger partial charge in [-0.2, -0.15) is 0 Å². The van der Waals surface area contributed by atoms with Crippen LogP contribution in [0.2, 0.25) is 0 Å². The van der Waals surface area contributed by atoms with Crippen molar-refractivity contribution in [1.29, 1.82) is 0 Å². The molecule has 4 rings (SSSR count). The predicted octanol–water partition coefficient (Wildman–Crippen LogP) is 1.92. The number of carbonyl (C=O) groups excluding carboxylic acids is 2. The molecule has 2 aliphatic rings. The van der Waals surface area contributed by atoms with Crippen LogP contribution in [0.3, 0.4) is 0 Å². The monoisotopic (exact) mass is 431 g/mol. The first-order valence-electron chi connectivity index (χ1n) is 10.5. The molecule has 0 aliphatic carbocycles. The first-order chi connectivity index (χ1) is 14.4. The van der Waals surface area contributed by atoms with Gasteiger partial charge in [0.25, 0.3) is 0 Å². The fourth-order valence-electron chi connectivity index (χ4n) is 4.22. The minimum atomic E-state index is -0.0216. The highest BCUT2D eigenvalue weighted by Gasteiger charge is 2.30. The number of hydrogen-bond donors (Lipinski definition) is 1. The van der Waals surface area contributed by atoms with Crippen LogP contribution < -0.4 is 5.32 Å². The molecule has 0 radical (unpaired) electrons. The quantitative estimate of drug-likeness (QED) is 0.801. The van der Waals surface area contributed by atoms with Crippen molar-refractivity contribution < 1.29 is 9.59 Å². The number of aromatic nitrogens is 4. The summed E-state index contributed by atoms with van der Waals surface area (Å²) in [5.41, 5.74) is 0.873. The SMILES string of the molecule is Cc1nc(-c2nnc3n2CCC(NC(=O)C2CCN(C(=O)N(C)C)CC2)CC3)cs1. The summed E-state index contributed by atoms with van der Waals surface area (Å²) in [7, 11) is 3.52. The van der Waals surface area contributed by atoms with Crippen LogP contribution in [0, 0.1) is 12.8 Å². The number of urea groups is 1. The fraction of sp³-hybridized carbons (Fsp3) is 0.650. The van der Waals surface area contributed by atoms with Crippen molar-refractivity contribution in [1.82, 2.24) is 34.9 Å². The Morgan fingerprint density at radius 3 is 2.57 bits per heavy atom. The van der Waals surface area contributed by atoms with Crippen LogP contribution in [0.15, 0.2) is 5.38 Å². The molecule has 1 unspecified atom stereocenters. The zero-order chi connectivity index (χ0) is 21.3. The highest BCUT2D eigenvalue weighted by Crippen LogP contribution is 2.25. The summed E-state index contributed by atoms with van der Waals surface area (Å²) in [6.07, 6.45) is 3.94. The zero-order valence-corrected chi connectivity index (χ0v) is 18.6. The smallest absolute Gasteiger partial charge is 0.319 e. The normalized spacial score (nSPS) is 19.8. The number of carbonyl (C=O) groups is 2. The number of hydrogen-bond acceptors (Lipinski definition) is 6. The number of thiazole rings is 1. The third-order valence-electron chi connectivity index (χ3n) is 5.96. The van der Waals surface area contributed by atoms with Crippen molar-refractivity contribution in [3.05, 3.63) is 16.2 Å². The maximum atomic E-state index is 12.8. The Hall–Kier alpha value is -2.49. The van der Waals surface area contributed by atoms with Gasteiger partial charge in [0.15, 0.2) is 5.82 Å². The van der Waals surface area contributed by atoms with E-state index < -0.39 is 0 Å². The molecule has 4 heterocycles. The molecule has 9 nitrogen and oxygen atoms in total. The van der Waals surface area contributed by atoms with Crippen LogP contribution in [0.1, 0.15) is 36.5 Å². The number of amides is 3. The Balaban J connectivity index is 1.32. The standard InChI is InChI=1S/C20H29N7O2S/c1-13-21-16(12-30-13)18-24-23-17-5-4-15(8-11-27(17)18)22-19(28)14-6-9-26(10-7-14)20(29)25(2)3/h12,14-15H,4-11H2,1-3H3,(H,22,28). The molecule has 0 saturated carbocycles. The second kappa shape index (κ2) is 8.71. The van der Waals surface area contributed by atoms with Crippen LogP contribution in [-0.4, -0.2) is 74.7 Å². The van der Waals surface area contributed by atoms with Gasteiger partial charge in [-0.3, -0.25) is 4.79 Å². The minimum Gasteiger partial charge on any atom is -0.353 e. The summed E-state index contributed by atoms with van der Waals surface area (Å²) in [6, 6.07) is 0.150. The van der Waals surface area contributed by atoms with E-state index in [1.54, 1.807) is 30.3 Å². The average Bonchev–Trinajstić information content (AvgIpc) is 3.29. The summed E-state index contributed by atoms with van der Waals surface area (Å²) >= 11 is 1.61. The van der Waals surface area contributed by atoms with E-state index in [4.69, 9.17) is 0 Å². The number of nitrogens with one attached hydrogen (secondary N) is 1. The summed E-state index contributed by atoms with van der Waals surface area (Å²) in [6.45, 7) is 4.03. The van der Waals surface area contributed by atoms with Crippen LogP contribution >= 0.6 is 11.3 Å². The molecule has 1 fully saturated rings. The summed E-state index contributed by atoms with van der Waals surface area (Å²) in [4.78, 5) is 32.9. The molecule has 1 atom stereocenters. The highest BCUT2D eigenvalue weighted by molar-refractivity contribution is 7.09. The lowest BCUT2D eigenvalue weighted by Gasteiger charge is -2.33. The lowest BCUT2D eigenvalue weighted by molar-refractivity contribution is -0.127. The van der Waals surface area contributed by atoms with E-state index in [0.717, 1.165) is 61.0 Å². The molecule has 1 saturated heterocycles. The van der Waals surface area contributed by atoms with Crippen molar-refractivity contribution in [2.75, 3.05) is 27.2 Å². The van der Waals surface area contributed by atoms with E-state index in [1.165, 1.54) is 0 Å². The van der Waals surface area contributed by atoms with Crippen molar-refractivity contribution >= 4 is 23.3 Å². The Bertz CT molecular complexity index is 914. The molecule has 0 aromatic carbocycles. The summed E-state index contributed by atoms with van der Waals surface area (Å²) in [5, 5.41) is 15.0. The van der Waals surface area contributed by atoms with Gasteiger partial charge in [0.2, 0.25) is 5.91 Å². The Morgan fingerprint density at radius 2 is 1.90 bits per heavy atom. The van der Waals surface area contributed by atoms with E-state index in [0.29, 0.717) is 13.1 Å². The molecule has 30 heavy (non-hydrogen) atoms. The number of piperidine rings is 1. The minimum absolute atomic E-state index is 0.0202. The van der Waals surface area contributed by atoms with Crippen LogP contribution in [0.5, 0.6) is 0 Å². The summed E-state index contributed by atoms with van der Waals surface area (Å²) < 4.78 is 2.14. The van der Waals surface area contributed by atoms with Crippen molar-refractivity contribution in [2.45, 2.75) is 51.6 Å². The van der Waals surface area contributed by atoms with Gasteiger partial charge in [0, 0.05) is 57.5 Å². The van der Waals surface area contributed by atoms with Gasteiger partial charge in [-0.25, -0.2) is 9.78 Å². The molecule has 0 bridgehead atoms. The number of nitrogens with zero attached hydrogens (tertiary/aromatic N) is 6. The third-order valence-corrected chi connectivity index (χ3v) is 6.73. The molecule has 3 amide bonds. The number of rotatable bonds is 3. The Labute approximate surface area is 180 Å². The lowest BCUT2D eigenvalue weighted by Crippen LogP contribution is -2.47. The maximum Gasteiger partial charge on any atom is 0.319 e. The van der Waals surface area contributed by atoms with Crippen LogP contribution in [-0.2, 0) is 17.8 Å². The second-order valence-corrected chi connectivity index (χ2v) is 9.38. The van der Waals surface area contributed by atoms with Crippen LogP contribution in [0.25, 0.3) is 11.5 Å². The van der Waals surface area contributed by atoms with Gasteiger partial charge < -0.3 is 19.7 Å². The molecular weight excluding hydrogens is 402 g/mol. The molecule has 162 valence electrons. The van der Waals surface area contributed by atoms with Crippen molar-refractivity contribution in [2.24, 2.45) is 5.92 Å². The third kappa shape index (κ3) is 4.33. The van der Waals surface area contributed by atoms with Crippen LogP contribution in [0.4, 0.5) is 4.79 Å². The first-order valence-corrected chi connectivity index (χ1v) is 11.4. The Morgan fingerprint density at radius 1 is 1.13 bits per heavy atom. The lowest BCUT2D eigenvalue weighted by atomic mass is 9.95. The first kappa shape index (κ1) is 20.8. The fourth-order valence-corrected chi connectivity index (χ4v) is 4.81. The van der Waals surface area contributed by atoms with E-state index in [1.807, 2.05) is 17.2 Å². The largest absolute Gasteiger partial charge is 0.353 e. The molecule has 0 spiro atoms. The zero-order valence-electron chi connectivity index (χ0n) is 17.8. The maximum absolute atomic E-state index is 12.8. The van der Waals surface area contributed by atoms with E-state index in [9.17, 15) is 9.59 Å². The van der Waals surface area contributed by atoms with Gasteiger partial charge in [-0.1, -0.05) is 0 Å². The molecule has 2 aromatic rings. The molecule has 2 aliphatic heterocycles. The second-order valence-electron chi connectivity index (χ2n) is 8.31. The van der Waals surface area contributed by atoms with Crippen molar-refractivity contribution in [3.63, 3.8) is 0 Å². The van der Waals surface area contributed by atoms with Gasteiger partial charge >= 0.3 is 6.03 Å². The van der Waals surface area contributed by atoms with Gasteiger partial charge in [-0.05, 0) is 32.6 Å². The molecule has 2 aromatic heterocycles. The molecule has 1 N–H and O–H groups in total. The Kier molecular flexibility index (Phi) is 6.03. The average molecular weight is 432 g/mol. The number of likely N-dealkylation sites (tertiary alicyclic amines) is 1. The van der Waals surface area contributed by atoms with E-state index in [2.05, 4.69) is 25.1 Å². The van der Waals surface area contributed by atoms with E-state index in [-0.39, 0.29) is 23.9 Å². The van der Waals surface area contributed by atoms with Crippen molar-refractivity contribution in [3.8, 4) is 11.5 Å². The summed E-state index contributed by atoms with van der Waals surface area (Å²) in [5.74, 6) is 1.87. The molecular formula is C20H29N7O2S. The highest BCUT2D eigenvalue weighted by atomic mass is 32.1.